The summed E-state index contributed by atoms with van der Waals surface area (Å²) in [5.41, 5.74) is 3.79. The zero-order chi connectivity index (χ0) is 30.8. The average Bonchev–Trinajstić information content (AvgIpc) is 3.54. The molecule has 0 saturated heterocycles. The summed E-state index contributed by atoms with van der Waals surface area (Å²) in [7, 11) is 1.58. The van der Waals surface area contributed by atoms with Crippen molar-refractivity contribution in [2.24, 2.45) is 4.99 Å². The lowest BCUT2D eigenvalue weighted by Crippen LogP contribution is -2.40. The van der Waals surface area contributed by atoms with Crippen LogP contribution >= 0.6 is 11.3 Å². The molecule has 0 spiro atoms. The first-order valence-corrected chi connectivity index (χ1v) is 15.4. The van der Waals surface area contributed by atoms with Gasteiger partial charge in [-0.3, -0.25) is 9.36 Å². The molecule has 0 amide bonds. The molecule has 0 unspecified atom stereocenters. The molecule has 0 fully saturated rings. The van der Waals surface area contributed by atoms with Crippen LogP contribution in [0.3, 0.4) is 0 Å². The molecule has 224 valence electrons. The maximum absolute atomic E-state index is 14.5. The van der Waals surface area contributed by atoms with Gasteiger partial charge in [0, 0.05) is 28.2 Å². The van der Waals surface area contributed by atoms with Gasteiger partial charge in [-0.05, 0) is 49.2 Å². The fourth-order valence-corrected chi connectivity index (χ4v) is 6.73. The van der Waals surface area contributed by atoms with E-state index in [0.717, 1.165) is 28.5 Å². The van der Waals surface area contributed by atoms with Crippen molar-refractivity contribution in [1.29, 1.82) is 0 Å². The number of nitrogens with zero attached hydrogens (tertiary/aromatic N) is 3. The number of methoxy groups -OCH3 is 1. The summed E-state index contributed by atoms with van der Waals surface area (Å²) in [6.07, 6.45) is 5.13. The van der Waals surface area contributed by atoms with Gasteiger partial charge in [0.15, 0.2) is 4.80 Å². The molecular formula is C35H32FN3O4S. The van der Waals surface area contributed by atoms with Crippen molar-refractivity contribution < 1.29 is 18.7 Å². The highest BCUT2D eigenvalue weighted by Gasteiger charge is 2.34. The van der Waals surface area contributed by atoms with Crippen LogP contribution in [-0.2, 0) is 16.1 Å². The average molecular weight is 610 g/mol. The minimum Gasteiger partial charge on any atom is -0.497 e. The third-order valence-corrected chi connectivity index (χ3v) is 8.69. The van der Waals surface area contributed by atoms with Crippen molar-refractivity contribution in [3.63, 3.8) is 0 Å². The largest absolute Gasteiger partial charge is 0.497 e. The third-order valence-electron chi connectivity index (χ3n) is 7.71. The second-order valence-electron chi connectivity index (χ2n) is 10.5. The number of ether oxygens (including phenoxy) is 2. The van der Waals surface area contributed by atoms with Crippen LogP contribution in [0.25, 0.3) is 17.0 Å². The maximum Gasteiger partial charge on any atom is 0.338 e. The minimum absolute atomic E-state index is 0.202. The van der Waals surface area contributed by atoms with Gasteiger partial charge in [-0.2, -0.15) is 0 Å². The number of benzene rings is 3. The monoisotopic (exact) mass is 609 g/mol. The van der Waals surface area contributed by atoms with Crippen LogP contribution in [0.15, 0.2) is 100 Å². The van der Waals surface area contributed by atoms with Crippen LogP contribution in [0.4, 0.5) is 4.39 Å². The zero-order valence-electron chi connectivity index (χ0n) is 24.7. The quantitative estimate of drug-likeness (QED) is 0.200. The molecule has 1 aliphatic rings. The van der Waals surface area contributed by atoms with Crippen molar-refractivity contribution >= 4 is 34.3 Å². The highest BCUT2D eigenvalue weighted by molar-refractivity contribution is 7.07. The van der Waals surface area contributed by atoms with Gasteiger partial charge in [-0.1, -0.05) is 73.2 Å². The standard InChI is InChI=1S/C35H32FN3O4S/c1-4-11-28-31(34(41)43-5-2)32(22-13-10-14-25(18-22)42-3)39-33(40)30(44-35(39)37-28)19-24-21-38(29-17-9-7-15-26(24)29)20-23-12-6-8-16-27(23)36/h6-10,12-19,21,32H,4-5,11,20H2,1-3H3/b30-19-/t32-/m0/s1. The van der Waals surface area contributed by atoms with Crippen molar-refractivity contribution in [3.05, 3.63) is 132 Å². The molecule has 0 aliphatic carbocycles. The Bertz CT molecular complexity index is 2090. The molecule has 2 aromatic heterocycles. The zero-order valence-corrected chi connectivity index (χ0v) is 25.6. The number of carbonyl (C=O) groups is 1. The molecular weight excluding hydrogens is 577 g/mol. The van der Waals surface area contributed by atoms with Crippen LogP contribution in [0, 0.1) is 5.82 Å². The van der Waals surface area contributed by atoms with E-state index < -0.39 is 12.0 Å². The van der Waals surface area contributed by atoms with E-state index in [1.807, 2.05) is 78.4 Å². The van der Waals surface area contributed by atoms with E-state index in [4.69, 9.17) is 14.5 Å². The number of fused-ring (bicyclic) bond motifs is 2. The number of hydrogen-bond acceptors (Lipinski definition) is 6. The van der Waals surface area contributed by atoms with E-state index in [1.54, 1.807) is 30.7 Å². The second-order valence-corrected chi connectivity index (χ2v) is 11.5. The first kappa shape index (κ1) is 29.3. The number of allylic oxidation sites excluding steroid dienone is 1. The van der Waals surface area contributed by atoms with Crippen LogP contribution in [0.2, 0.25) is 0 Å². The van der Waals surface area contributed by atoms with Gasteiger partial charge in [0.1, 0.15) is 11.6 Å². The number of para-hydroxylation sites is 1. The fraction of sp³-hybridized carbons (Fsp3) is 0.229. The first-order valence-electron chi connectivity index (χ1n) is 14.6. The number of hydrogen-bond donors (Lipinski definition) is 0. The molecule has 6 rings (SSSR count). The van der Waals surface area contributed by atoms with Crippen LogP contribution in [0.1, 0.15) is 49.4 Å². The van der Waals surface area contributed by atoms with E-state index in [-0.39, 0.29) is 18.0 Å². The molecule has 3 heterocycles. The first-order chi connectivity index (χ1) is 21.4. The number of thiazole rings is 1. The Morgan fingerprint density at radius 2 is 1.86 bits per heavy atom. The van der Waals surface area contributed by atoms with Gasteiger partial charge in [0.2, 0.25) is 0 Å². The maximum atomic E-state index is 14.5. The van der Waals surface area contributed by atoms with Crippen LogP contribution in [0.5, 0.6) is 5.75 Å². The van der Waals surface area contributed by atoms with Gasteiger partial charge in [-0.25, -0.2) is 14.2 Å². The normalized spacial score (nSPS) is 14.9. The summed E-state index contributed by atoms with van der Waals surface area (Å²) >= 11 is 1.29. The number of esters is 1. The SMILES string of the molecule is CCCC1=C(C(=O)OCC)[C@H](c2cccc(OC)c2)n2c(s/c(=C\c3cn(Cc4ccccc4F)c4ccccc34)c2=O)=N1. The highest BCUT2D eigenvalue weighted by Crippen LogP contribution is 2.34. The molecule has 3 aromatic carbocycles. The minimum atomic E-state index is -0.730. The second kappa shape index (κ2) is 12.5. The van der Waals surface area contributed by atoms with E-state index in [0.29, 0.717) is 44.9 Å². The lowest BCUT2D eigenvalue weighted by atomic mass is 9.94. The van der Waals surface area contributed by atoms with Gasteiger partial charge in [-0.15, -0.1) is 0 Å². The molecule has 9 heteroatoms. The number of halogens is 1. The Morgan fingerprint density at radius 3 is 2.64 bits per heavy atom. The Kier molecular flexibility index (Phi) is 8.30. The summed E-state index contributed by atoms with van der Waals surface area (Å²) in [5.74, 6) is -0.138. The predicted octanol–water partition coefficient (Wildman–Crippen LogP) is 5.73. The van der Waals surface area contributed by atoms with Crippen LogP contribution < -0.4 is 19.6 Å². The van der Waals surface area contributed by atoms with E-state index >= 15 is 0 Å². The molecule has 5 aromatic rings. The van der Waals surface area contributed by atoms with E-state index in [1.165, 1.54) is 17.4 Å². The highest BCUT2D eigenvalue weighted by atomic mass is 32.1. The third kappa shape index (κ3) is 5.39. The number of carbonyl (C=O) groups excluding carboxylic acids is 1. The summed E-state index contributed by atoms with van der Waals surface area (Å²) < 4.78 is 29.6. The smallest absolute Gasteiger partial charge is 0.338 e. The Balaban J connectivity index is 1.55. The Morgan fingerprint density at radius 1 is 1.07 bits per heavy atom. The summed E-state index contributed by atoms with van der Waals surface area (Å²) in [6, 6.07) is 21.3. The van der Waals surface area contributed by atoms with E-state index in [2.05, 4.69) is 0 Å². The molecule has 0 radical (unpaired) electrons. The lowest BCUT2D eigenvalue weighted by Gasteiger charge is -2.26. The lowest BCUT2D eigenvalue weighted by molar-refractivity contribution is -0.139. The predicted molar refractivity (Wildman–Crippen MR) is 170 cm³/mol. The molecule has 0 N–H and O–H groups in total. The van der Waals surface area contributed by atoms with Gasteiger partial charge >= 0.3 is 5.97 Å². The van der Waals surface area contributed by atoms with Crippen molar-refractivity contribution in [3.8, 4) is 5.75 Å². The summed E-state index contributed by atoms with van der Waals surface area (Å²) in [6.45, 7) is 4.34. The Hall–Kier alpha value is -4.76. The topological polar surface area (TPSA) is 74.8 Å². The van der Waals surface area contributed by atoms with Crippen LogP contribution in [-0.4, -0.2) is 28.8 Å². The van der Waals surface area contributed by atoms with Gasteiger partial charge < -0.3 is 14.0 Å². The van der Waals surface area contributed by atoms with Crippen molar-refractivity contribution in [2.75, 3.05) is 13.7 Å². The van der Waals surface area contributed by atoms with Gasteiger partial charge in [0.25, 0.3) is 5.56 Å². The molecule has 0 bridgehead atoms. The molecule has 44 heavy (non-hydrogen) atoms. The molecule has 7 nitrogen and oxygen atoms in total. The molecule has 1 aliphatic heterocycles. The van der Waals surface area contributed by atoms with Gasteiger partial charge in [0.05, 0.1) is 42.1 Å². The fourth-order valence-electron chi connectivity index (χ4n) is 5.72. The summed E-state index contributed by atoms with van der Waals surface area (Å²) in [5, 5.41) is 0.943. The number of rotatable bonds is 9. The molecule has 0 saturated carbocycles. The van der Waals surface area contributed by atoms with Crippen molar-refractivity contribution in [1.82, 2.24) is 9.13 Å². The summed E-state index contributed by atoms with van der Waals surface area (Å²) in [4.78, 5) is 33.1. The van der Waals surface area contributed by atoms with E-state index in [9.17, 15) is 14.0 Å². The Labute approximate surface area is 257 Å². The van der Waals surface area contributed by atoms with Crippen molar-refractivity contribution in [2.45, 2.75) is 39.3 Å². The molecule has 1 atom stereocenters. The number of aromatic nitrogens is 2.